The quantitative estimate of drug-likeness (QED) is 0.838. The van der Waals surface area contributed by atoms with Gasteiger partial charge in [0.1, 0.15) is 5.82 Å². The summed E-state index contributed by atoms with van der Waals surface area (Å²) in [7, 11) is 1.61. The Balaban J connectivity index is 1.60. The molecule has 0 bridgehead atoms. The van der Waals surface area contributed by atoms with Crippen molar-refractivity contribution in [3.8, 4) is 0 Å². The molecule has 0 saturated carbocycles. The number of halogens is 2. The van der Waals surface area contributed by atoms with E-state index in [0.29, 0.717) is 16.3 Å². The molecule has 1 saturated heterocycles. The van der Waals surface area contributed by atoms with Crippen molar-refractivity contribution in [2.45, 2.75) is 13.1 Å². The molecule has 0 unspecified atom stereocenters. The smallest absolute Gasteiger partial charge is 0.321 e. The number of urea groups is 1. The highest BCUT2D eigenvalue weighted by Gasteiger charge is 2.15. The summed E-state index contributed by atoms with van der Waals surface area (Å²) in [5.41, 5.74) is 2.13. The zero-order chi connectivity index (χ0) is 19.2. The molecule has 1 heterocycles. The number of anilines is 1. The summed E-state index contributed by atoms with van der Waals surface area (Å²) in [6.07, 6.45) is 0. The summed E-state index contributed by atoms with van der Waals surface area (Å²) in [5, 5.41) is 3.16. The van der Waals surface area contributed by atoms with Gasteiger partial charge in [0, 0.05) is 43.0 Å². The van der Waals surface area contributed by atoms with Gasteiger partial charge in [0.25, 0.3) is 0 Å². The van der Waals surface area contributed by atoms with Crippen LogP contribution in [0.15, 0.2) is 42.5 Å². The molecule has 2 amide bonds. The first-order chi connectivity index (χ1) is 13.0. The third-order valence-corrected chi connectivity index (χ3v) is 4.85. The molecule has 2 aromatic carbocycles. The molecule has 0 aromatic heterocycles. The van der Waals surface area contributed by atoms with Gasteiger partial charge in [-0.05, 0) is 29.8 Å². The van der Waals surface area contributed by atoms with Crippen LogP contribution in [-0.4, -0.2) is 49.2 Å². The Kier molecular flexibility index (Phi) is 6.66. The van der Waals surface area contributed by atoms with Gasteiger partial charge >= 0.3 is 6.03 Å². The van der Waals surface area contributed by atoms with Crippen LogP contribution in [0.25, 0.3) is 0 Å². The summed E-state index contributed by atoms with van der Waals surface area (Å²) in [6, 6.07) is 11.9. The van der Waals surface area contributed by atoms with Crippen LogP contribution in [0.1, 0.15) is 11.1 Å². The number of nitrogens with zero attached hydrogens (tertiary/aromatic N) is 2. The van der Waals surface area contributed by atoms with E-state index < -0.39 is 5.82 Å². The fourth-order valence-electron chi connectivity index (χ4n) is 2.98. The SMILES string of the molecule is CN(Cc1c(F)cccc1Cl)C(=O)Nc1cccc(CN2CCOCC2)c1. The predicted molar refractivity (Wildman–Crippen MR) is 104 cm³/mol. The second kappa shape index (κ2) is 9.17. The number of hydrogen-bond acceptors (Lipinski definition) is 3. The second-order valence-corrected chi connectivity index (χ2v) is 6.98. The third-order valence-electron chi connectivity index (χ3n) is 4.49. The first kappa shape index (κ1) is 19.6. The molecule has 1 fully saturated rings. The topological polar surface area (TPSA) is 44.8 Å². The van der Waals surface area contributed by atoms with E-state index in [1.54, 1.807) is 19.2 Å². The van der Waals surface area contributed by atoms with Gasteiger partial charge in [-0.1, -0.05) is 29.8 Å². The zero-order valence-electron chi connectivity index (χ0n) is 15.3. The predicted octanol–water partition coefficient (Wildman–Crippen LogP) is 3.98. The summed E-state index contributed by atoms with van der Waals surface area (Å²) in [6.45, 7) is 4.21. The van der Waals surface area contributed by atoms with E-state index in [4.69, 9.17) is 16.3 Å². The number of amides is 2. The fraction of sp³-hybridized carbons (Fsp3) is 0.350. The molecule has 5 nitrogen and oxygen atoms in total. The molecule has 0 spiro atoms. The molecule has 3 rings (SSSR count). The second-order valence-electron chi connectivity index (χ2n) is 6.58. The largest absolute Gasteiger partial charge is 0.379 e. The van der Waals surface area contributed by atoms with E-state index in [0.717, 1.165) is 38.4 Å². The van der Waals surface area contributed by atoms with Gasteiger partial charge in [-0.2, -0.15) is 0 Å². The van der Waals surface area contributed by atoms with Gasteiger partial charge in [-0.3, -0.25) is 4.90 Å². The van der Waals surface area contributed by atoms with Gasteiger partial charge in [0.15, 0.2) is 0 Å². The lowest BCUT2D eigenvalue weighted by atomic mass is 10.2. The Hall–Kier alpha value is -2.15. The van der Waals surface area contributed by atoms with Gasteiger partial charge in [0.2, 0.25) is 0 Å². The molecule has 0 atom stereocenters. The highest BCUT2D eigenvalue weighted by atomic mass is 35.5. The van der Waals surface area contributed by atoms with Gasteiger partial charge in [0.05, 0.1) is 19.8 Å². The van der Waals surface area contributed by atoms with E-state index >= 15 is 0 Å². The molecule has 1 aliphatic rings. The number of hydrogen-bond donors (Lipinski definition) is 1. The lowest BCUT2D eigenvalue weighted by Gasteiger charge is -2.26. The number of benzene rings is 2. The van der Waals surface area contributed by atoms with Crippen LogP contribution in [-0.2, 0) is 17.8 Å². The van der Waals surface area contributed by atoms with E-state index in [9.17, 15) is 9.18 Å². The van der Waals surface area contributed by atoms with Crippen molar-refractivity contribution in [2.75, 3.05) is 38.7 Å². The lowest BCUT2D eigenvalue weighted by Crippen LogP contribution is -2.35. The number of rotatable bonds is 5. The maximum atomic E-state index is 13.9. The van der Waals surface area contributed by atoms with Crippen molar-refractivity contribution in [1.29, 1.82) is 0 Å². The minimum Gasteiger partial charge on any atom is -0.379 e. The highest BCUT2D eigenvalue weighted by molar-refractivity contribution is 6.31. The standard InChI is InChI=1S/C20H23ClFN3O2/c1-24(14-17-18(21)6-3-7-19(17)22)20(26)23-16-5-2-4-15(12-16)13-25-8-10-27-11-9-25/h2-7,12H,8-11,13-14H2,1H3,(H,23,26). The van der Waals surface area contributed by atoms with Crippen LogP contribution in [0.2, 0.25) is 5.02 Å². The first-order valence-electron chi connectivity index (χ1n) is 8.87. The molecule has 1 N–H and O–H groups in total. The van der Waals surface area contributed by atoms with Crippen LogP contribution in [0.5, 0.6) is 0 Å². The fourth-order valence-corrected chi connectivity index (χ4v) is 3.20. The van der Waals surface area contributed by atoms with Gasteiger partial charge < -0.3 is 15.0 Å². The average molecular weight is 392 g/mol. The molecule has 144 valence electrons. The molecule has 27 heavy (non-hydrogen) atoms. The van der Waals surface area contributed by atoms with Gasteiger partial charge in [-0.25, -0.2) is 9.18 Å². The highest BCUT2D eigenvalue weighted by Crippen LogP contribution is 2.21. The third kappa shape index (κ3) is 5.42. The van der Waals surface area contributed by atoms with Crippen molar-refractivity contribution in [3.63, 3.8) is 0 Å². The monoisotopic (exact) mass is 391 g/mol. The van der Waals surface area contributed by atoms with Crippen LogP contribution < -0.4 is 5.32 Å². The number of carbonyl (C=O) groups is 1. The molecule has 0 aliphatic carbocycles. The van der Waals surface area contributed by atoms with Crippen LogP contribution in [0, 0.1) is 5.82 Å². The minimum absolute atomic E-state index is 0.0881. The normalized spacial score (nSPS) is 14.8. The number of carbonyl (C=O) groups excluding carboxylic acids is 1. The van der Waals surface area contributed by atoms with Crippen LogP contribution >= 0.6 is 11.6 Å². The van der Waals surface area contributed by atoms with Crippen molar-refractivity contribution >= 4 is 23.3 Å². The van der Waals surface area contributed by atoms with E-state index in [1.807, 2.05) is 24.3 Å². The number of morpholine rings is 1. The Morgan fingerprint density at radius 2 is 2.00 bits per heavy atom. The molecule has 2 aromatic rings. The maximum absolute atomic E-state index is 13.9. The van der Waals surface area contributed by atoms with Crippen molar-refractivity contribution in [1.82, 2.24) is 9.80 Å². The molecular formula is C20H23ClFN3O2. The first-order valence-corrected chi connectivity index (χ1v) is 9.25. The van der Waals surface area contributed by atoms with Crippen LogP contribution in [0.3, 0.4) is 0 Å². The Labute approximate surface area is 163 Å². The molecular weight excluding hydrogens is 369 g/mol. The van der Waals surface area contributed by atoms with Gasteiger partial charge in [-0.15, -0.1) is 0 Å². The summed E-state index contributed by atoms with van der Waals surface area (Å²) >= 11 is 6.04. The van der Waals surface area contributed by atoms with E-state index in [-0.39, 0.29) is 12.6 Å². The van der Waals surface area contributed by atoms with E-state index in [1.165, 1.54) is 11.0 Å². The number of nitrogens with one attached hydrogen (secondary N) is 1. The lowest BCUT2D eigenvalue weighted by molar-refractivity contribution is 0.0342. The van der Waals surface area contributed by atoms with Crippen LogP contribution in [0.4, 0.5) is 14.9 Å². The maximum Gasteiger partial charge on any atom is 0.321 e. The minimum atomic E-state index is -0.422. The zero-order valence-corrected chi connectivity index (χ0v) is 16.0. The Morgan fingerprint density at radius 3 is 2.74 bits per heavy atom. The average Bonchev–Trinajstić information content (AvgIpc) is 2.66. The Bertz CT molecular complexity index is 776. The Morgan fingerprint density at radius 1 is 1.26 bits per heavy atom. The molecule has 7 heteroatoms. The summed E-state index contributed by atoms with van der Waals surface area (Å²) < 4.78 is 19.3. The molecule has 1 aliphatic heterocycles. The van der Waals surface area contributed by atoms with Crippen molar-refractivity contribution < 1.29 is 13.9 Å². The summed E-state index contributed by atoms with van der Waals surface area (Å²) in [5.74, 6) is -0.422. The van der Waals surface area contributed by atoms with Crippen molar-refractivity contribution in [3.05, 3.63) is 64.4 Å². The van der Waals surface area contributed by atoms with Crippen molar-refractivity contribution in [2.24, 2.45) is 0 Å². The number of ether oxygens (including phenoxy) is 1. The summed E-state index contributed by atoms with van der Waals surface area (Å²) in [4.78, 5) is 16.2. The van der Waals surface area contributed by atoms with E-state index in [2.05, 4.69) is 10.2 Å². The molecule has 0 radical (unpaired) electrons.